The van der Waals surface area contributed by atoms with E-state index in [1.165, 1.54) is 0 Å². The molecular formula is C23H15N3O2. The first-order valence-electron chi connectivity index (χ1n) is 8.89. The number of nitrogens with zero attached hydrogens (tertiary/aromatic N) is 2. The molecule has 0 saturated carbocycles. The van der Waals surface area contributed by atoms with Crippen molar-refractivity contribution < 1.29 is 9.59 Å². The first-order valence-corrected chi connectivity index (χ1v) is 8.89. The van der Waals surface area contributed by atoms with Crippen molar-refractivity contribution in [3.05, 3.63) is 102 Å². The minimum absolute atomic E-state index is 0.0425. The Morgan fingerprint density at radius 2 is 1.61 bits per heavy atom. The van der Waals surface area contributed by atoms with Crippen molar-refractivity contribution >= 4 is 17.4 Å². The number of ketones is 1. The van der Waals surface area contributed by atoms with E-state index in [1.54, 1.807) is 24.7 Å². The summed E-state index contributed by atoms with van der Waals surface area (Å²) in [5.74, 6) is -0.307. The standard InChI is InChI=1S/C23H15N3O2/c27-22-18-6-2-1-5-16(18)17-10-9-15(13-19(17)22)23(28)25-20-7-3-4-8-21(20)26-12-11-24-14-26/h1-14H,(H,25,28). The van der Waals surface area contributed by atoms with E-state index in [4.69, 9.17) is 0 Å². The summed E-state index contributed by atoms with van der Waals surface area (Å²) in [6.07, 6.45) is 5.18. The smallest absolute Gasteiger partial charge is 0.255 e. The normalized spacial score (nSPS) is 11.8. The van der Waals surface area contributed by atoms with E-state index in [0.29, 0.717) is 22.4 Å². The SMILES string of the molecule is O=C(Nc1ccccc1-n1ccnc1)c1ccc2c(c1)C(=O)c1ccccc1-2. The molecule has 0 radical (unpaired) electrons. The Labute approximate surface area is 161 Å². The van der Waals surface area contributed by atoms with Crippen LogP contribution in [0.25, 0.3) is 16.8 Å². The number of aromatic nitrogens is 2. The number of carbonyl (C=O) groups is 2. The van der Waals surface area contributed by atoms with Gasteiger partial charge in [0.25, 0.3) is 5.91 Å². The highest BCUT2D eigenvalue weighted by molar-refractivity contribution is 6.22. The van der Waals surface area contributed by atoms with Gasteiger partial charge in [-0.05, 0) is 35.4 Å². The Hall–Kier alpha value is -3.99. The highest BCUT2D eigenvalue weighted by atomic mass is 16.1. The van der Waals surface area contributed by atoms with Crippen LogP contribution in [0.1, 0.15) is 26.3 Å². The lowest BCUT2D eigenvalue weighted by Gasteiger charge is -2.12. The fraction of sp³-hybridized carbons (Fsp3) is 0. The molecule has 3 aromatic carbocycles. The van der Waals surface area contributed by atoms with Crippen molar-refractivity contribution in [1.82, 2.24) is 9.55 Å². The number of hydrogen-bond acceptors (Lipinski definition) is 3. The molecule has 1 aliphatic rings. The summed E-state index contributed by atoms with van der Waals surface area (Å²) < 4.78 is 1.83. The van der Waals surface area contributed by atoms with Gasteiger partial charge in [-0.1, -0.05) is 42.5 Å². The van der Waals surface area contributed by atoms with Crippen molar-refractivity contribution in [2.24, 2.45) is 0 Å². The zero-order chi connectivity index (χ0) is 19.1. The number of hydrogen-bond donors (Lipinski definition) is 1. The van der Waals surface area contributed by atoms with Gasteiger partial charge in [-0.3, -0.25) is 9.59 Å². The van der Waals surface area contributed by atoms with E-state index < -0.39 is 0 Å². The molecule has 5 heteroatoms. The van der Waals surface area contributed by atoms with Crippen LogP contribution in [0.3, 0.4) is 0 Å². The van der Waals surface area contributed by atoms with Crippen LogP contribution < -0.4 is 5.32 Å². The average Bonchev–Trinajstić information content (AvgIpc) is 3.36. The maximum absolute atomic E-state index is 12.9. The Kier molecular flexibility index (Phi) is 3.66. The molecule has 4 aromatic rings. The van der Waals surface area contributed by atoms with E-state index in [1.807, 2.05) is 65.4 Å². The molecule has 5 rings (SSSR count). The van der Waals surface area contributed by atoms with Crippen LogP contribution in [0.15, 0.2) is 85.5 Å². The van der Waals surface area contributed by atoms with Gasteiger partial charge in [-0.25, -0.2) is 4.98 Å². The van der Waals surface area contributed by atoms with E-state index in [-0.39, 0.29) is 11.7 Å². The second-order valence-corrected chi connectivity index (χ2v) is 6.58. The molecule has 5 nitrogen and oxygen atoms in total. The maximum atomic E-state index is 12.9. The van der Waals surface area contributed by atoms with Crippen molar-refractivity contribution in [3.8, 4) is 16.8 Å². The highest BCUT2D eigenvalue weighted by Crippen LogP contribution is 2.36. The molecular weight excluding hydrogens is 350 g/mol. The monoisotopic (exact) mass is 365 g/mol. The van der Waals surface area contributed by atoms with E-state index in [0.717, 1.165) is 16.8 Å². The second-order valence-electron chi connectivity index (χ2n) is 6.58. The Balaban J connectivity index is 1.48. The number of benzene rings is 3. The molecule has 1 aliphatic carbocycles. The zero-order valence-corrected chi connectivity index (χ0v) is 14.8. The van der Waals surface area contributed by atoms with Gasteiger partial charge in [0, 0.05) is 29.1 Å². The number of para-hydroxylation sites is 2. The van der Waals surface area contributed by atoms with Gasteiger partial charge < -0.3 is 9.88 Å². The number of anilines is 1. The van der Waals surface area contributed by atoms with Crippen LogP contribution in [0.2, 0.25) is 0 Å². The number of amides is 1. The molecule has 134 valence electrons. The summed E-state index contributed by atoms with van der Waals surface area (Å²) in [6.45, 7) is 0. The molecule has 0 spiro atoms. The summed E-state index contributed by atoms with van der Waals surface area (Å²) in [7, 11) is 0. The summed E-state index contributed by atoms with van der Waals surface area (Å²) in [4.78, 5) is 29.6. The maximum Gasteiger partial charge on any atom is 0.255 e. The average molecular weight is 365 g/mol. The Morgan fingerprint density at radius 1 is 0.857 bits per heavy atom. The van der Waals surface area contributed by atoms with Crippen molar-refractivity contribution in [1.29, 1.82) is 0 Å². The summed E-state index contributed by atoms with van der Waals surface area (Å²) in [6, 6.07) is 20.3. The van der Waals surface area contributed by atoms with Gasteiger partial charge in [0.2, 0.25) is 0 Å². The third-order valence-corrected chi connectivity index (χ3v) is 4.92. The summed E-state index contributed by atoms with van der Waals surface area (Å²) >= 11 is 0. The molecule has 1 N–H and O–H groups in total. The lowest BCUT2D eigenvalue weighted by atomic mass is 10.0. The predicted octanol–water partition coefficient (Wildman–Crippen LogP) is 4.34. The van der Waals surface area contributed by atoms with Crippen LogP contribution in [-0.2, 0) is 0 Å². The molecule has 28 heavy (non-hydrogen) atoms. The predicted molar refractivity (Wildman–Crippen MR) is 107 cm³/mol. The van der Waals surface area contributed by atoms with Gasteiger partial charge in [-0.2, -0.15) is 0 Å². The molecule has 0 bridgehead atoms. The minimum Gasteiger partial charge on any atom is -0.320 e. The number of carbonyl (C=O) groups excluding carboxylic acids is 2. The quantitative estimate of drug-likeness (QED) is 0.517. The molecule has 1 aromatic heterocycles. The number of nitrogens with one attached hydrogen (secondary N) is 1. The van der Waals surface area contributed by atoms with Gasteiger partial charge in [0.15, 0.2) is 5.78 Å². The van der Waals surface area contributed by atoms with E-state index in [2.05, 4.69) is 10.3 Å². The Morgan fingerprint density at radius 3 is 2.43 bits per heavy atom. The van der Waals surface area contributed by atoms with E-state index in [9.17, 15) is 9.59 Å². The minimum atomic E-state index is -0.265. The third kappa shape index (κ3) is 2.53. The Bertz CT molecular complexity index is 1230. The summed E-state index contributed by atoms with van der Waals surface area (Å²) in [5, 5.41) is 2.94. The molecule has 0 aliphatic heterocycles. The lowest BCUT2D eigenvalue weighted by Crippen LogP contribution is -2.14. The van der Waals surface area contributed by atoms with Crippen molar-refractivity contribution in [2.45, 2.75) is 0 Å². The fourth-order valence-corrected chi connectivity index (χ4v) is 3.57. The van der Waals surface area contributed by atoms with Crippen molar-refractivity contribution in [3.63, 3.8) is 0 Å². The molecule has 0 atom stereocenters. The molecule has 1 amide bonds. The molecule has 0 fully saturated rings. The van der Waals surface area contributed by atoms with Crippen LogP contribution in [-0.4, -0.2) is 21.2 Å². The largest absolute Gasteiger partial charge is 0.320 e. The first-order chi connectivity index (χ1) is 13.7. The highest BCUT2D eigenvalue weighted by Gasteiger charge is 2.27. The number of fused-ring (bicyclic) bond motifs is 3. The van der Waals surface area contributed by atoms with Crippen molar-refractivity contribution in [2.75, 3.05) is 5.32 Å². The van der Waals surface area contributed by atoms with E-state index >= 15 is 0 Å². The van der Waals surface area contributed by atoms with Crippen LogP contribution in [0.5, 0.6) is 0 Å². The molecule has 0 unspecified atom stereocenters. The number of imidazole rings is 1. The lowest BCUT2D eigenvalue weighted by molar-refractivity contribution is 0.102. The van der Waals surface area contributed by atoms with Crippen LogP contribution in [0.4, 0.5) is 5.69 Å². The number of rotatable bonds is 3. The van der Waals surface area contributed by atoms with Gasteiger partial charge >= 0.3 is 0 Å². The van der Waals surface area contributed by atoms with Crippen LogP contribution >= 0.6 is 0 Å². The van der Waals surface area contributed by atoms with Crippen LogP contribution in [0, 0.1) is 0 Å². The topological polar surface area (TPSA) is 64.0 Å². The van der Waals surface area contributed by atoms with Gasteiger partial charge in [-0.15, -0.1) is 0 Å². The van der Waals surface area contributed by atoms with Gasteiger partial charge in [0.05, 0.1) is 17.7 Å². The second kappa shape index (κ2) is 6.32. The first kappa shape index (κ1) is 16.2. The zero-order valence-electron chi connectivity index (χ0n) is 14.8. The molecule has 0 saturated heterocycles. The third-order valence-electron chi connectivity index (χ3n) is 4.92. The summed E-state index contributed by atoms with van der Waals surface area (Å²) in [5.41, 5.74) is 4.96. The van der Waals surface area contributed by atoms with Gasteiger partial charge in [0.1, 0.15) is 0 Å². The molecule has 1 heterocycles. The fourth-order valence-electron chi connectivity index (χ4n) is 3.57.